The van der Waals surface area contributed by atoms with Crippen LogP contribution in [0.25, 0.3) is 10.8 Å². The van der Waals surface area contributed by atoms with Gasteiger partial charge in [0.05, 0.1) is 25.4 Å². The van der Waals surface area contributed by atoms with E-state index in [9.17, 15) is 40.2 Å². The third kappa shape index (κ3) is 13.4. The standard InChI is InChI=1S/C49H66N4O13/c1-31(54)66-49(48(51)61,23-22-33-21-20-32(13-10-11-24-50)36-18-8-9-19-37(33)36)52-25-12-26-53(27-38(55)42(59)44-40(57)29-62-46(64-44)34-14-4-2-5-15-34)28-39(56)43(60)45-41(58)30-63-47(65-45)35-16-6-3-7-17-35/h2-9,14-21,38-47,52,55-60H,10-13,22-30,50H2,1H3,(H2,51,61)/t38-,39-,40+,41+,42+,43+,44+,45+,46+,47+,49-/m0/s1. The number of aliphatic hydroxyl groups excluding tert-OH is 6. The van der Waals surface area contributed by atoms with E-state index in [-0.39, 0.29) is 52.2 Å². The number of amides is 1. The largest absolute Gasteiger partial charge is 0.434 e. The van der Waals surface area contributed by atoms with Crippen LogP contribution in [0, 0.1) is 0 Å². The van der Waals surface area contributed by atoms with Gasteiger partial charge in [-0.25, -0.2) is 0 Å². The number of hydrogen-bond donors (Lipinski definition) is 9. The quantitative estimate of drug-likeness (QED) is 0.0274. The summed E-state index contributed by atoms with van der Waals surface area (Å²) in [5.74, 6) is -1.63. The number of benzene rings is 4. The maximum Gasteiger partial charge on any atom is 0.304 e. The molecule has 2 aliphatic rings. The first-order valence-corrected chi connectivity index (χ1v) is 22.7. The van der Waals surface area contributed by atoms with Crippen molar-refractivity contribution in [2.24, 2.45) is 11.5 Å². The van der Waals surface area contributed by atoms with Crippen molar-refractivity contribution >= 4 is 22.6 Å². The second kappa shape index (κ2) is 24.5. The molecule has 17 nitrogen and oxygen atoms in total. The lowest BCUT2D eigenvalue weighted by Crippen LogP contribution is -2.59. The van der Waals surface area contributed by atoms with Crippen molar-refractivity contribution < 1.29 is 63.9 Å². The lowest BCUT2D eigenvalue weighted by molar-refractivity contribution is -0.285. The van der Waals surface area contributed by atoms with Crippen LogP contribution in [0.2, 0.25) is 0 Å². The number of ether oxygens (including phenoxy) is 5. The second-order valence-corrected chi connectivity index (χ2v) is 17.1. The van der Waals surface area contributed by atoms with Crippen molar-refractivity contribution in [2.45, 2.75) is 113 Å². The molecule has 2 aliphatic heterocycles. The van der Waals surface area contributed by atoms with Crippen molar-refractivity contribution in [2.75, 3.05) is 45.9 Å². The number of carbonyl (C=O) groups is 2. The normalized spacial score (nSPS) is 24.0. The van der Waals surface area contributed by atoms with Gasteiger partial charge >= 0.3 is 5.97 Å². The van der Waals surface area contributed by atoms with Crippen molar-refractivity contribution in [1.29, 1.82) is 0 Å². The molecule has 66 heavy (non-hydrogen) atoms. The molecule has 1 amide bonds. The smallest absolute Gasteiger partial charge is 0.304 e. The maximum atomic E-state index is 13.3. The Morgan fingerprint density at radius 1 is 0.727 bits per heavy atom. The van der Waals surface area contributed by atoms with Gasteiger partial charge in [-0.15, -0.1) is 0 Å². The van der Waals surface area contributed by atoms with Crippen LogP contribution in [-0.2, 0) is 46.1 Å². The number of fused-ring (bicyclic) bond motifs is 1. The van der Waals surface area contributed by atoms with E-state index in [0.717, 1.165) is 35.6 Å². The van der Waals surface area contributed by atoms with Gasteiger partial charge < -0.3 is 65.8 Å². The van der Waals surface area contributed by atoms with Gasteiger partial charge in [0.15, 0.2) is 12.6 Å². The first-order valence-electron chi connectivity index (χ1n) is 22.7. The van der Waals surface area contributed by atoms with E-state index < -0.39 is 79.0 Å². The number of primary amides is 1. The number of nitrogens with one attached hydrogen (secondary N) is 1. The number of unbranched alkanes of at least 4 members (excludes halogenated alkanes) is 1. The van der Waals surface area contributed by atoms with Crippen LogP contribution in [0.1, 0.15) is 67.4 Å². The van der Waals surface area contributed by atoms with Gasteiger partial charge in [-0.3, -0.25) is 19.8 Å². The molecule has 0 radical (unpaired) electrons. The van der Waals surface area contributed by atoms with Crippen LogP contribution in [0.3, 0.4) is 0 Å². The minimum atomic E-state index is -1.90. The van der Waals surface area contributed by atoms with Crippen molar-refractivity contribution in [1.82, 2.24) is 10.2 Å². The number of hydrogen-bond acceptors (Lipinski definition) is 16. The molecule has 360 valence electrons. The minimum absolute atomic E-state index is 0.00671. The van der Waals surface area contributed by atoms with Crippen LogP contribution in [0.4, 0.5) is 0 Å². The summed E-state index contributed by atoms with van der Waals surface area (Å²) in [7, 11) is 0. The van der Waals surface area contributed by atoms with Gasteiger partial charge in [0, 0.05) is 44.1 Å². The van der Waals surface area contributed by atoms with E-state index in [1.54, 1.807) is 53.4 Å². The van der Waals surface area contributed by atoms with Gasteiger partial charge in [0.2, 0.25) is 5.72 Å². The van der Waals surface area contributed by atoms with Gasteiger partial charge in [-0.1, -0.05) is 97.1 Å². The van der Waals surface area contributed by atoms with Crippen molar-refractivity contribution in [3.8, 4) is 0 Å². The zero-order chi connectivity index (χ0) is 47.2. The molecule has 2 saturated heterocycles. The predicted molar refractivity (Wildman–Crippen MR) is 243 cm³/mol. The fourth-order valence-corrected chi connectivity index (χ4v) is 8.64. The van der Waals surface area contributed by atoms with E-state index in [2.05, 4.69) is 17.4 Å². The summed E-state index contributed by atoms with van der Waals surface area (Å²) in [5.41, 5.74) is 13.2. The molecule has 0 aromatic heterocycles. The van der Waals surface area contributed by atoms with E-state index in [1.807, 2.05) is 36.4 Å². The molecule has 2 fully saturated rings. The monoisotopic (exact) mass is 918 g/mol. The zero-order valence-corrected chi connectivity index (χ0v) is 37.3. The number of carbonyl (C=O) groups excluding carboxylic acids is 2. The van der Waals surface area contributed by atoms with Gasteiger partial charge in [0.1, 0.15) is 36.6 Å². The van der Waals surface area contributed by atoms with Crippen molar-refractivity contribution in [3.63, 3.8) is 0 Å². The molecular weight excluding hydrogens is 853 g/mol. The van der Waals surface area contributed by atoms with Crippen LogP contribution >= 0.6 is 0 Å². The molecule has 11 N–H and O–H groups in total. The highest BCUT2D eigenvalue weighted by molar-refractivity contribution is 5.89. The molecule has 17 heteroatoms. The van der Waals surface area contributed by atoms with E-state index in [0.29, 0.717) is 24.1 Å². The summed E-state index contributed by atoms with van der Waals surface area (Å²) in [4.78, 5) is 27.3. The molecule has 4 aromatic carbocycles. The number of esters is 1. The van der Waals surface area contributed by atoms with Gasteiger partial charge in [0.25, 0.3) is 5.91 Å². The third-order valence-electron chi connectivity index (χ3n) is 12.2. The average molecular weight is 919 g/mol. The fourth-order valence-electron chi connectivity index (χ4n) is 8.64. The van der Waals surface area contributed by atoms with Crippen molar-refractivity contribution in [3.05, 3.63) is 119 Å². The Hall–Kier alpha value is -4.44. The Morgan fingerprint density at radius 2 is 1.21 bits per heavy atom. The highest BCUT2D eigenvalue weighted by Crippen LogP contribution is 2.31. The highest BCUT2D eigenvalue weighted by Gasteiger charge is 2.43. The maximum absolute atomic E-state index is 13.3. The minimum Gasteiger partial charge on any atom is -0.434 e. The first kappa shape index (κ1) is 51.0. The lowest BCUT2D eigenvalue weighted by Gasteiger charge is -2.40. The van der Waals surface area contributed by atoms with Crippen LogP contribution in [0.15, 0.2) is 97.1 Å². The Kier molecular flexibility index (Phi) is 19.0. The molecule has 0 unspecified atom stereocenters. The molecule has 0 aliphatic carbocycles. The molecule has 0 saturated carbocycles. The molecule has 2 heterocycles. The number of aliphatic hydroxyl groups is 6. The summed E-state index contributed by atoms with van der Waals surface area (Å²) in [6, 6.07) is 29.9. The fraction of sp³-hybridized carbons (Fsp3) is 0.510. The topological polar surface area (TPSA) is 269 Å². The number of nitrogens with zero attached hydrogens (tertiary/aromatic N) is 1. The SMILES string of the molecule is CC(=O)O[C@](CCc1ccc(CCCCN)c2ccccc12)(NCCCN(C[C@H](O)[C@@H](O)[C@@H]1O[C@H](c2ccccc2)OC[C@H]1O)C[C@H](O)[C@@H](O)[C@@H]1O[C@H](c2ccccc2)OC[C@H]1O)C(N)=O. The first-order chi connectivity index (χ1) is 31.8. The Balaban J connectivity index is 1.16. The Morgan fingerprint density at radius 3 is 1.68 bits per heavy atom. The molecule has 0 bridgehead atoms. The van der Waals surface area contributed by atoms with Gasteiger partial charge in [-0.05, 0) is 67.1 Å². The molecule has 0 spiro atoms. The van der Waals surface area contributed by atoms with E-state index in [1.165, 1.54) is 12.5 Å². The molecular formula is C49H66N4O13. The third-order valence-corrected chi connectivity index (χ3v) is 12.2. The summed E-state index contributed by atoms with van der Waals surface area (Å²) >= 11 is 0. The number of aryl methyl sites for hydroxylation is 2. The van der Waals surface area contributed by atoms with E-state index >= 15 is 0 Å². The molecule has 6 rings (SSSR count). The Bertz CT molecular complexity index is 2040. The lowest BCUT2D eigenvalue weighted by atomic mass is 9.92. The summed E-state index contributed by atoms with van der Waals surface area (Å²) in [6.07, 6.45) is -10.1. The summed E-state index contributed by atoms with van der Waals surface area (Å²) in [6.45, 7) is 0.998. The summed E-state index contributed by atoms with van der Waals surface area (Å²) in [5, 5.41) is 72.7. The number of rotatable bonds is 24. The van der Waals surface area contributed by atoms with Crippen LogP contribution < -0.4 is 16.8 Å². The molecule has 4 aromatic rings. The van der Waals surface area contributed by atoms with E-state index in [4.69, 9.17) is 35.2 Å². The molecule has 11 atom stereocenters. The van der Waals surface area contributed by atoms with Gasteiger partial charge in [-0.2, -0.15) is 0 Å². The van der Waals surface area contributed by atoms with Crippen LogP contribution in [-0.4, -0.2) is 148 Å². The summed E-state index contributed by atoms with van der Waals surface area (Å²) < 4.78 is 28.9. The predicted octanol–water partition coefficient (Wildman–Crippen LogP) is 1.47. The second-order valence-electron chi connectivity index (χ2n) is 17.1. The average Bonchev–Trinajstić information content (AvgIpc) is 3.32. The zero-order valence-electron chi connectivity index (χ0n) is 37.3. The van der Waals surface area contributed by atoms with Crippen LogP contribution in [0.5, 0.6) is 0 Å². The highest BCUT2D eigenvalue weighted by atomic mass is 16.7. The Labute approximate surface area is 385 Å². The number of nitrogens with two attached hydrogens (primary N) is 2.